The summed E-state index contributed by atoms with van der Waals surface area (Å²) in [5.74, 6) is -0.638. The summed E-state index contributed by atoms with van der Waals surface area (Å²) < 4.78 is 0. The third-order valence-corrected chi connectivity index (χ3v) is 4.02. The summed E-state index contributed by atoms with van der Waals surface area (Å²) in [7, 11) is 4.25. The monoisotopic (exact) mass is 226 g/mol. The van der Waals surface area contributed by atoms with Gasteiger partial charge in [0.1, 0.15) is 0 Å². The predicted octanol–water partition coefficient (Wildman–Crippen LogP) is 0.877. The molecule has 2 fully saturated rings. The maximum absolute atomic E-state index is 10.8. The lowest BCUT2D eigenvalue weighted by Gasteiger charge is -2.23. The Balaban J connectivity index is 1.81. The second kappa shape index (κ2) is 4.34. The third-order valence-electron chi connectivity index (χ3n) is 4.02. The summed E-state index contributed by atoms with van der Waals surface area (Å²) in [6.45, 7) is 3.22. The molecular formula is C12H22N2O2. The zero-order valence-electron chi connectivity index (χ0n) is 10.3. The van der Waals surface area contributed by atoms with Crippen molar-refractivity contribution in [1.82, 2.24) is 9.80 Å². The van der Waals surface area contributed by atoms with Gasteiger partial charge < -0.3 is 14.9 Å². The Labute approximate surface area is 97.2 Å². The molecule has 0 amide bonds. The van der Waals surface area contributed by atoms with Crippen LogP contribution in [-0.2, 0) is 4.79 Å². The average Bonchev–Trinajstić information content (AvgIpc) is 2.75. The van der Waals surface area contributed by atoms with E-state index in [9.17, 15) is 4.79 Å². The first-order valence-electron chi connectivity index (χ1n) is 6.11. The first-order chi connectivity index (χ1) is 7.51. The predicted molar refractivity (Wildman–Crippen MR) is 62.5 cm³/mol. The molecule has 1 atom stereocenters. The SMILES string of the molecule is CN(C)C1CCN(CC2(CC(=O)O)CC2)C1. The van der Waals surface area contributed by atoms with Crippen molar-refractivity contribution in [3.8, 4) is 0 Å². The maximum atomic E-state index is 10.8. The number of hydrogen-bond donors (Lipinski definition) is 1. The van der Waals surface area contributed by atoms with E-state index in [1.807, 2.05) is 0 Å². The largest absolute Gasteiger partial charge is 0.481 e. The first kappa shape index (κ1) is 11.9. The molecule has 1 unspecified atom stereocenters. The van der Waals surface area contributed by atoms with Crippen LogP contribution in [0, 0.1) is 5.41 Å². The van der Waals surface area contributed by atoms with Gasteiger partial charge in [-0.2, -0.15) is 0 Å². The number of rotatable bonds is 5. The van der Waals surface area contributed by atoms with Crippen LogP contribution in [0.5, 0.6) is 0 Å². The molecule has 4 nitrogen and oxygen atoms in total. The Morgan fingerprint density at radius 3 is 2.62 bits per heavy atom. The Morgan fingerprint density at radius 2 is 2.19 bits per heavy atom. The molecule has 0 aromatic heterocycles. The lowest BCUT2D eigenvalue weighted by atomic mass is 10.0. The highest BCUT2D eigenvalue weighted by molar-refractivity contribution is 5.68. The van der Waals surface area contributed by atoms with Gasteiger partial charge in [-0.15, -0.1) is 0 Å². The number of carbonyl (C=O) groups is 1. The van der Waals surface area contributed by atoms with E-state index in [0.29, 0.717) is 12.5 Å². The van der Waals surface area contributed by atoms with E-state index in [-0.39, 0.29) is 5.41 Å². The summed E-state index contributed by atoms with van der Waals surface area (Å²) in [5, 5.41) is 8.88. The van der Waals surface area contributed by atoms with Gasteiger partial charge in [-0.1, -0.05) is 0 Å². The summed E-state index contributed by atoms with van der Waals surface area (Å²) in [6, 6.07) is 0.653. The standard InChI is InChI=1S/C12H22N2O2/c1-13(2)10-3-6-14(8-10)9-12(4-5-12)7-11(15)16/h10H,3-9H2,1-2H3,(H,15,16). The van der Waals surface area contributed by atoms with Crippen LogP contribution in [0.2, 0.25) is 0 Å². The Kier molecular flexibility index (Phi) is 3.22. The Bertz CT molecular complexity index is 274. The fourth-order valence-corrected chi connectivity index (χ4v) is 2.74. The van der Waals surface area contributed by atoms with Crippen molar-refractivity contribution in [2.75, 3.05) is 33.7 Å². The third kappa shape index (κ3) is 2.74. The number of carboxylic acids is 1. The minimum Gasteiger partial charge on any atom is -0.481 e. The van der Waals surface area contributed by atoms with Crippen molar-refractivity contribution in [2.24, 2.45) is 5.41 Å². The van der Waals surface area contributed by atoms with Gasteiger partial charge >= 0.3 is 5.97 Å². The summed E-state index contributed by atoms with van der Waals surface area (Å²) in [6.07, 6.45) is 3.77. The second-order valence-corrected chi connectivity index (χ2v) is 5.71. The maximum Gasteiger partial charge on any atom is 0.303 e. The van der Waals surface area contributed by atoms with Crippen molar-refractivity contribution < 1.29 is 9.90 Å². The summed E-state index contributed by atoms with van der Waals surface area (Å²) in [5.41, 5.74) is 0.118. The molecule has 1 N–H and O–H groups in total. The van der Waals surface area contributed by atoms with Crippen molar-refractivity contribution in [2.45, 2.75) is 31.7 Å². The van der Waals surface area contributed by atoms with Gasteiger partial charge in [0.2, 0.25) is 0 Å². The molecule has 1 heterocycles. The average molecular weight is 226 g/mol. The summed E-state index contributed by atoms with van der Waals surface area (Å²) >= 11 is 0. The van der Waals surface area contributed by atoms with Crippen molar-refractivity contribution in [1.29, 1.82) is 0 Å². The van der Waals surface area contributed by atoms with Crippen LogP contribution < -0.4 is 0 Å². The Hall–Kier alpha value is -0.610. The van der Waals surface area contributed by atoms with Gasteiger partial charge in [-0.3, -0.25) is 4.79 Å². The molecule has 1 saturated heterocycles. The van der Waals surface area contributed by atoms with Crippen LogP contribution >= 0.6 is 0 Å². The van der Waals surface area contributed by atoms with Gasteiger partial charge in [0.25, 0.3) is 0 Å². The highest BCUT2D eigenvalue weighted by Crippen LogP contribution is 2.49. The van der Waals surface area contributed by atoms with Gasteiger partial charge in [-0.05, 0) is 45.3 Å². The van der Waals surface area contributed by atoms with Crippen molar-refractivity contribution in [3.63, 3.8) is 0 Å². The van der Waals surface area contributed by atoms with Crippen LogP contribution in [0.4, 0.5) is 0 Å². The van der Waals surface area contributed by atoms with E-state index < -0.39 is 5.97 Å². The van der Waals surface area contributed by atoms with Gasteiger partial charge in [0, 0.05) is 19.1 Å². The highest BCUT2D eigenvalue weighted by Gasteiger charge is 2.46. The van der Waals surface area contributed by atoms with Crippen molar-refractivity contribution >= 4 is 5.97 Å². The number of likely N-dealkylation sites (N-methyl/N-ethyl adjacent to an activating group) is 1. The van der Waals surface area contributed by atoms with Gasteiger partial charge in [0.05, 0.1) is 6.42 Å². The smallest absolute Gasteiger partial charge is 0.303 e. The number of nitrogens with zero attached hydrogens (tertiary/aromatic N) is 2. The molecule has 0 spiro atoms. The van der Waals surface area contributed by atoms with Gasteiger partial charge in [0.15, 0.2) is 0 Å². The van der Waals surface area contributed by atoms with E-state index >= 15 is 0 Å². The van der Waals surface area contributed by atoms with Crippen molar-refractivity contribution in [3.05, 3.63) is 0 Å². The van der Waals surface area contributed by atoms with Crippen LogP contribution in [0.15, 0.2) is 0 Å². The molecule has 92 valence electrons. The molecule has 0 bridgehead atoms. The molecule has 16 heavy (non-hydrogen) atoms. The summed E-state index contributed by atoms with van der Waals surface area (Å²) in [4.78, 5) is 15.5. The Morgan fingerprint density at radius 1 is 1.50 bits per heavy atom. The zero-order chi connectivity index (χ0) is 11.8. The lowest BCUT2D eigenvalue weighted by molar-refractivity contribution is -0.138. The number of carboxylic acid groups (broad SMARTS) is 1. The molecule has 1 aliphatic heterocycles. The molecule has 2 rings (SSSR count). The van der Waals surface area contributed by atoms with E-state index in [1.165, 1.54) is 6.42 Å². The van der Waals surface area contributed by atoms with Crippen LogP contribution in [0.1, 0.15) is 25.7 Å². The molecule has 0 radical (unpaired) electrons. The van der Waals surface area contributed by atoms with Crippen LogP contribution in [-0.4, -0.2) is 60.6 Å². The lowest BCUT2D eigenvalue weighted by Crippen LogP contribution is -2.34. The minimum absolute atomic E-state index is 0.118. The molecule has 4 heteroatoms. The van der Waals surface area contributed by atoms with Crippen LogP contribution in [0.25, 0.3) is 0 Å². The first-order valence-corrected chi connectivity index (χ1v) is 6.11. The number of likely N-dealkylation sites (tertiary alicyclic amines) is 1. The number of aliphatic carboxylic acids is 1. The number of hydrogen-bond acceptors (Lipinski definition) is 3. The highest BCUT2D eigenvalue weighted by atomic mass is 16.4. The normalized spacial score (nSPS) is 28.6. The molecule has 0 aromatic rings. The van der Waals surface area contributed by atoms with E-state index in [2.05, 4.69) is 23.9 Å². The fourth-order valence-electron chi connectivity index (χ4n) is 2.74. The minimum atomic E-state index is -0.638. The van der Waals surface area contributed by atoms with E-state index in [4.69, 9.17) is 5.11 Å². The quantitative estimate of drug-likeness (QED) is 0.755. The van der Waals surface area contributed by atoms with Gasteiger partial charge in [-0.25, -0.2) is 0 Å². The molecular weight excluding hydrogens is 204 g/mol. The van der Waals surface area contributed by atoms with Crippen LogP contribution in [0.3, 0.4) is 0 Å². The molecule has 0 aromatic carbocycles. The zero-order valence-corrected chi connectivity index (χ0v) is 10.3. The topological polar surface area (TPSA) is 43.8 Å². The molecule has 1 aliphatic carbocycles. The molecule has 1 saturated carbocycles. The fraction of sp³-hybridized carbons (Fsp3) is 0.917. The van der Waals surface area contributed by atoms with E-state index in [0.717, 1.165) is 32.5 Å². The molecule has 2 aliphatic rings. The van der Waals surface area contributed by atoms with E-state index in [1.54, 1.807) is 0 Å². The second-order valence-electron chi connectivity index (χ2n) is 5.71.